The van der Waals surface area contributed by atoms with E-state index in [2.05, 4.69) is 67.2 Å². The predicted octanol–water partition coefficient (Wildman–Crippen LogP) is 7.13. The molecule has 20 nitrogen and oxygen atoms in total. The van der Waals surface area contributed by atoms with Crippen LogP contribution in [0.4, 0.5) is 21.6 Å². The predicted molar refractivity (Wildman–Crippen MR) is 297 cm³/mol. The van der Waals surface area contributed by atoms with Crippen LogP contribution in [0, 0.1) is 26.6 Å². The number of methoxy groups -OCH3 is 1. The fraction of sp³-hybridized carbons (Fsp3) is 0.389. The number of aryl methyl sites for hydroxylation is 2. The summed E-state index contributed by atoms with van der Waals surface area (Å²) in [4.78, 5) is 69.6. The van der Waals surface area contributed by atoms with Crippen LogP contribution in [-0.2, 0) is 33.4 Å². The minimum absolute atomic E-state index is 0.0530. The van der Waals surface area contributed by atoms with Crippen LogP contribution < -0.4 is 31.3 Å². The van der Waals surface area contributed by atoms with Crippen LogP contribution >= 0.6 is 34.5 Å². The van der Waals surface area contributed by atoms with Gasteiger partial charge in [-0.15, -0.1) is 21.5 Å². The summed E-state index contributed by atoms with van der Waals surface area (Å²) in [6, 6.07) is 14.2. The van der Waals surface area contributed by atoms with Gasteiger partial charge in [0.25, 0.3) is 0 Å². The number of anilines is 3. The number of aromatic nitrogens is 5. The van der Waals surface area contributed by atoms with E-state index in [-0.39, 0.29) is 112 Å². The molecule has 2 atom stereocenters. The summed E-state index contributed by atoms with van der Waals surface area (Å²) in [6.07, 6.45) is 2.74. The molecule has 5 N–H and O–H groups in total. The molecule has 1 fully saturated rings. The molecule has 1 saturated heterocycles. The molecule has 0 radical (unpaired) electrons. The van der Waals surface area contributed by atoms with Gasteiger partial charge in [0.2, 0.25) is 23.6 Å². The molecule has 8 rings (SSSR count). The topological polar surface area (TPSA) is 237 Å². The van der Waals surface area contributed by atoms with Gasteiger partial charge in [0.15, 0.2) is 11.6 Å². The van der Waals surface area contributed by atoms with Crippen molar-refractivity contribution in [1.82, 2.24) is 45.6 Å². The number of thiophene rings is 1. The van der Waals surface area contributed by atoms with Gasteiger partial charge < -0.3 is 45.5 Å². The highest BCUT2D eigenvalue weighted by atomic mass is 35.5. The van der Waals surface area contributed by atoms with Crippen molar-refractivity contribution in [3.05, 3.63) is 122 Å². The average Bonchev–Trinajstić information content (AvgIpc) is 4.29. The smallest absolute Gasteiger partial charge is 0.247 e. The Kier molecular flexibility index (Phi) is 19.9. The summed E-state index contributed by atoms with van der Waals surface area (Å²) in [5.74, 6) is 0.0949. The summed E-state index contributed by atoms with van der Waals surface area (Å²) in [5.41, 5.74) is 4.93. The first-order valence-electron chi connectivity index (χ1n) is 25.4. The van der Waals surface area contributed by atoms with E-state index in [1.54, 1.807) is 36.6 Å². The molecule has 2 aliphatic rings. The minimum atomic E-state index is -0.645. The van der Waals surface area contributed by atoms with E-state index >= 15 is 0 Å². The first-order chi connectivity index (χ1) is 37.7. The molecule has 4 amide bonds. The van der Waals surface area contributed by atoms with Gasteiger partial charge in [-0.2, -0.15) is 0 Å². The van der Waals surface area contributed by atoms with Gasteiger partial charge in [-0.3, -0.25) is 33.6 Å². The Bertz CT molecular complexity index is 3190. The van der Waals surface area contributed by atoms with E-state index < -0.39 is 23.8 Å². The zero-order chi connectivity index (χ0) is 55.3. The quantitative estimate of drug-likeness (QED) is 0.0269. The summed E-state index contributed by atoms with van der Waals surface area (Å²) >= 11 is 13.9. The van der Waals surface area contributed by atoms with E-state index in [0.29, 0.717) is 65.0 Å². The molecule has 3 aromatic carbocycles. The number of aliphatic imine (C=N–C) groups is 1. The molecule has 3 aromatic heterocycles. The van der Waals surface area contributed by atoms with Gasteiger partial charge in [0, 0.05) is 77.8 Å². The third-order valence-electron chi connectivity index (χ3n) is 13.0. The molecule has 2 aliphatic heterocycles. The fourth-order valence-corrected chi connectivity index (χ4v) is 10.4. The summed E-state index contributed by atoms with van der Waals surface area (Å²) < 4.78 is 39.3. The second-order valence-corrected chi connectivity index (χ2v) is 20.5. The maximum atomic E-state index is 14.9. The average molecular weight is 1130 g/mol. The first-order valence-corrected chi connectivity index (χ1v) is 27.0. The summed E-state index contributed by atoms with van der Waals surface area (Å²) in [5, 5.41) is 25.3. The van der Waals surface area contributed by atoms with Crippen molar-refractivity contribution in [1.29, 1.82) is 0 Å². The molecular formula is C54H61Cl2FN12O8S. The molecule has 0 aliphatic carbocycles. The first kappa shape index (κ1) is 57.3. The summed E-state index contributed by atoms with van der Waals surface area (Å²) in [7, 11) is 1.55. The highest BCUT2D eigenvalue weighted by Crippen LogP contribution is 2.40. The Balaban J connectivity index is 0.716. The Morgan fingerprint density at radius 1 is 0.872 bits per heavy atom. The number of hydrogen-bond acceptors (Lipinski definition) is 16. The Morgan fingerprint density at radius 2 is 1.64 bits per heavy atom. The Morgan fingerprint density at radius 3 is 2.44 bits per heavy atom. The van der Waals surface area contributed by atoms with Crippen molar-refractivity contribution in [2.45, 2.75) is 58.5 Å². The number of nitrogens with one attached hydrogen (secondary N) is 5. The van der Waals surface area contributed by atoms with Gasteiger partial charge in [-0.25, -0.2) is 14.4 Å². The number of fused-ring (bicyclic) bond motifs is 4. The highest BCUT2D eigenvalue weighted by molar-refractivity contribution is 7.15. The molecule has 412 valence electrons. The lowest BCUT2D eigenvalue weighted by atomic mass is 9.99. The van der Waals surface area contributed by atoms with Crippen LogP contribution in [0.5, 0.6) is 5.75 Å². The molecular weight excluding hydrogens is 1070 g/mol. The number of rotatable bonds is 26. The largest absolute Gasteiger partial charge is 0.489 e. The number of carbonyl (C=O) groups excluding carboxylic acids is 4. The molecule has 78 heavy (non-hydrogen) atoms. The molecule has 24 heteroatoms. The molecule has 0 saturated carbocycles. The standard InChI is InChI=1S/C54H61Cl2FN12O8S/c1-31(29-68-19-7-10-43(68)53(73)65-41-26-37-40(27-44(41)77-25-22-74-5)61-30-62-50(37)64-39-9-6-8-38(56)48(39)57)52(72)60-17-16-58-45(70)15-20-75-23-24-76-21-18-59-46(71)28-42-51-67-66-34(4)69(51)54-47(32(2)33(3)78-54)49(63-42)35-11-13-36(55)14-12-35/h6,8-9,11-14,26-27,30,42-43H,1,7,10,15-25,28-29H2,2-5H3,(H,58,70)(H,59,71)(H,60,72)(H,65,73)(H,61,62,64)/t42-,43-/m0/s1. The van der Waals surface area contributed by atoms with Crippen LogP contribution in [0.15, 0.2) is 78.1 Å². The minimum Gasteiger partial charge on any atom is -0.489 e. The third kappa shape index (κ3) is 14.2. The SMILES string of the molecule is C=C(CN1CCC[C@H]1C(=O)Nc1cc2c(Nc3cccc(Cl)c3F)ncnc2cc1OCCOC)C(=O)NCCNC(=O)CCOCCOCCNC(=O)C[C@@H]1N=C(c2ccc(Cl)cc2)c2c(sc(C)c2C)-n2c(C)nnc21. The summed E-state index contributed by atoms with van der Waals surface area (Å²) in [6.45, 7) is 12.8. The van der Waals surface area contributed by atoms with Gasteiger partial charge in [-0.05, 0) is 76.1 Å². The number of ether oxygens (including phenoxy) is 4. The van der Waals surface area contributed by atoms with Crippen molar-refractivity contribution >= 4 is 92.0 Å². The van der Waals surface area contributed by atoms with Crippen LogP contribution in [-0.4, -0.2) is 144 Å². The monoisotopic (exact) mass is 1130 g/mol. The number of hydrogen-bond donors (Lipinski definition) is 5. The van der Waals surface area contributed by atoms with Gasteiger partial charge in [0.05, 0.1) is 73.1 Å². The number of benzene rings is 3. The lowest BCUT2D eigenvalue weighted by Crippen LogP contribution is -2.43. The van der Waals surface area contributed by atoms with Crippen molar-refractivity contribution in [3.8, 4) is 10.8 Å². The Labute approximate surface area is 464 Å². The van der Waals surface area contributed by atoms with E-state index in [1.165, 1.54) is 18.5 Å². The lowest BCUT2D eigenvalue weighted by Gasteiger charge is -2.25. The van der Waals surface area contributed by atoms with Crippen LogP contribution in [0.1, 0.15) is 64.9 Å². The molecule has 5 heterocycles. The zero-order valence-corrected chi connectivity index (χ0v) is 46.0. The molecule has 0 bridgehead atoms. The van der Waals surface area contributed by atoms with Gasteiger partial charge >= 0.3 is 0 Å². The van der Waals surface area contributed by atoms with Crippen molar-refractivity contribution < 1.29 is 42.5 Å². The van der Waals surface area contributed by atoms with Crippen molar-refractivity contribution in [2.75, 3.05) is 90.1 Å². The van der Waals surface area contributed by atoms with E-state index in [0.717, 1.165) is 32.3 Å². The fourth-order valence-electron chi connectivity index (χ4n) is 8.93. The number of halogens is 3. The maximum Gasteiger partial charge on any atom is 0.247 e. The second kappa shape index (κ2) is 27.1. The van der Waals surface area contributed by atoms with Crippen LogP contribution in [0.3, 0.4) is 0 Å². The zero-order valence-electron chi connectivity index (χ0n) is 43.7. The maximum absolute atomic E-state index is 14.9. The van der Waals surface area contributed by atoms with Crippen LogP contribution in [0.25, 0.3) is 15.9 Å². The number of amides is 4. The number of likely N-dealkylation sites (tertiary alicyclic amines) is 1. The third-order valence-corrected chi connectivity index (χ3v) is 14.7. The highest BCUT2D eigenvalue weighted by Gasteiger charge is 2.34. The van der Waals surface area contributed by atoms with E-state index in [9.17, 15) is 23.6 Å². The van der Waals surface area contributed by atoms with Crippen LogP contribution in [0.2, 0.25) is 10.0 Å². The molecule has 0 unspecified atom stereocenters. The Hall–Kier alpha value is -6.92. The number of carbonyl (C=O) groups is 4. The van der Waals surface area contributed by atoms with E-state index in [1.807, 2.05) is 40.7 Å². The van der Waals surface area contributed by atoms with E-state index in [4.69, 9.17) is 47.1 Å². The molecule has 6 aromatic rings. The van der Waals surface area contributed by atoms with Gasteiger partial charge in [-0.1, -0.05) is 48.0 Å². The van der Waals surface area contributed by atoms with Crippen molar-refractivity contribution in [2.24, 2.45) is 4.99 Å². The second-order valence-electron chi connectivity index (χ2n) is 18.4. The normalized spacial score (nSPS) is 15.0. The number of nitrogens with zero attached hydrogens (tertiary/aromatic N) is 7. The van der Waals surface area contributed by atoms with Crippen molar-refractivity contribution in [3.63, 3.8) is 0 Å². The lowest BCUT2D eigenvalue weighted by molar-refractivity contribution is -0.123. The molecule has 0 spiro atoms. The van der Waals surface area contributed by atoms with Gasteiger partial charge in [0.1, 0.15) is 41.4 Å².